The Morgan fingerprint density at radius 3 is 2.67 bits per heavy atom. The summed E-state index contributed by atoms with van der Waals surface area (Å²) in [5.41, 5.74) is 2.26. The molecule has 0 aliphatic carbocycles. The van der Waals surface area contributed by atoms with E-state index in [9.17, 15) is 10.1 Å². The van der Waals surface area contributed by atoms with Gasteiger partial charge in [0.1, 0.15) is 0 Å². The summed E-state index contributed by atoms with van der Waals surface area (Å²) in [7, 11) is 0. The minimum Gasteiger partial charge on any atom is -0.380 e. The zero-order valence-corrected chi connectivity index (χ0v) is 14.1. The highest BCUT2D eigenvalue weighted by Crippen LogP contribution is 2.30. The molecule has 0 fully saturated rings. The van der Waals surface area contributed by atoms with Crippen molar-refractivity contribution in [3.05, 3.63) is 66.1 Å². The van der Waals surface area contributed by atoms with Crippen molar-refractivity contribution in [3.63, 3.8) is 0 Å². The van der Waals surface area contributed by atoms with E-state index in [1.54, 1.807) is 18.2 Å². The van der Waals surface area contributed by atoms with Crippen LogP contribution in [0.2, 0.25) is 10.0 Å². The Balaban J connectivity index is 2.25. The molecule has 110 valence electrons. The first-order chi connectivity index (χ1) is 9.88. The quantitative estimate of drug-likeness (QED) is 0.548. The summed E-state index contributed by atoms with van der Waals surface area (Å²) < 4.78 is 0.848. The molecule has 0 aliphatic heterocycles. The van der Waals surface area contributed by atoms with E-state index in [0.29, 0.717) is 22.2 Å². The van der Waals surface area contributed by atoms with Gasteiger partial charge >= 0.3 is 0 Å². The van der Waals surface area contributed by atoms with Crippen LogP contribution in [0, 0.1) is 17.0 Å². The Kier molecular flexibility index (Phi) is 5.08. The van der Waals surface area contributed by atoms with Crippen LogP contribution >= 0.6 is 39.1 Å². The van der Waals surface area contributed by atoms with Crippen LogP contribution in [0.1, 0.15) is 11.1 Å². The molecule has 0 bridgehead atoms. The van der Waals surface area contributed by atoms with Gasteiger partial charge in [-0.2, -0.15) is 0 Å². The fourth-order valence-electron chi connectivity index (χ4n) is 1.83. The summed E-state index contributed by atoms with van der Waals surface area (Å²) in [6, 6.07) is 8.28. The molecule has 0 atom stereocenters. The second kappa shape index (κ2) is 6.64. The lowest BCUT2D eigenvalue weighted by atomic mass is 10.1. The van der Waals surface area contributed by atoms with Crippen molar-refractivity contribution in [1.82, 2.24) is 0 Å². The van der Waals surface area contributed by atoms with E-state index >= 15 is 0 Å². The first-order valence-electron chi connectivity index (χ1n) is 6.01. The number of hydrogen-bond donors (Lipinski definition) is 1. The van der Waals surface area contributed by atoms with E-state index < -0.39 is 4.92 Å². The maximum Gasteiger partial charge on any atom is 0.275 e. The van der Waals surface area contributed by atoms with Gasteiger partial charge in [-0.3, -0.25) is 10.1 Å². The van der Waals surface area contributed by atoms with Gasteiger partial charge in [-0.1, -0.05) is 23.2 Å². The van der Waals surface area contributed by atoms with Gasteiger partial charge in [-0.25, -0.2) is 0 Å². The lowest BCUT2D eigenvalue weighted by Gasteiger charge is -2.11. The van der Waals surface area contributed by atoms with E-state index in [1.165, 1.54) is 6.07 Å². The largest absolute Gasteiger partial charge is 0.380 e. The lowest BCUT2D eigenvalue weighted by molar-refractivity contribution is -0.385. The summed E-state index contributed by atoms with van der Waals surface area (Å²) in [6.07, 6.45) is 0. The van der Waals surface area contributed by atoms with Crippen molar-refractivity contribution in [2.75, 3.05) is 5.32 Å². The normalized spacial score (nSPS) is 10.5. The van der Waals surface area contributed by atoms with Gasteiger partial charge in [0, 0.05) is 32.7 Å². The van der Waals surface area contributed by atoms with Crippen molar-refractivity contribution < 1.29 is 4.92 Å². The van der Waals surface area contributed by atoms with Gasteiger partial charge in [-0.15, -0.1) is 0 Å². The molecule has 7 heteroatoms. The molecule has 0 amide bonds. The highest BCUT2D eigenvalue weighted by molar-refractivity contribution is 9.10. The summed E-state index contributed by atoms with van der Waals surface area (Å²) >= 11 is 15.3. The number of nitro benzene ring substituents is 1. The summed E-state index contributed by atoms with van der Waals surface area (Å²) in [5, 5.41) is 15.1. The van der Waals surface area contributed by atoms with E-state index in [2.05, 4.69) is 21.2 Å². The van der Waals surface area contributed by atoms with Crippen LogP contribution in [0.4, 0.5) is 11.4 Å². The van der Waals surface area contributed by atoms with Gasteiger partial charge in [0.2, 0.25) is 0 Å². The number of aryl methyl sites for hydroxylation is 1. The average Bonchev–Trinajstić information content (AvgIpc) is 2.42. The molecule has 2 aromatic carbocycles. The van der Waals surface area contributed by atoms with Crippen LogP contribution in [0.25, 0.3) is 0 Å². The molecule has 0 saturated heterocycles. The lowest BCUT2D eigenvalue weighted by Crippen LogP contribution is -2.04. The van der Waals surface area contributed by atoms with Crippen LogP contribution in [0.5, 0.6) is 0 Å². The molecule has 4 nitrogen and oxygen atoms in total. The number of rotatable bonds is 4. The molecule has 0 unspecified atom stereocenters. The Morgan fingerprint density at radius 1 is 1.29 bits per heavy atom. The highest BCUT2D eigenvalue weighted by atomic mass is 79.9. The fraction of sp³-hybridized carbons (Fsp3) is 0.143. The number of nitrogens with zero attached hydrogens (tertiary/aromatic N) is 1. The predicted octanol–water partition coefficient (Wildman–Crippen LogP) is 5.58. The summed E-state index contributed by atoms with van der Waals surface area (Å²) in [5.74, 6) is 0. The molecule has 0 heterocycles. The topological polar surface area (TPSA) is 55.2 Å². The van der Waals surface area contributed by atoms with Crippen molar-refractivity contribution in [2.45, 2.75) is 13.5 Å². The van der Waals surface area contributed by atoms with Crippen molar-refractivity contribution in [3.8, 4) is 0 Å². The van der Waals surface area contributed by atoms with Crippen LogP contribution < -0.4 is 5.32 Å². The van der Waals surface area contributed by atoms with Crippen molar-refractivity contribution in [1.29, 1.82) is 0 Å². The molecule has 2 aromatic rings. The Morgan fingerprint density at radius 2 is 2.00 bits per heavy atom. The molecule has 0 aliphatic rings. The van der Waals surface area contributed by atoms with E-state index in [0.717, 1.165) is 15.7 Å². The van der Waals surface area contributed by atoms with Gasteiger partial charge in [0.25, 0.3) is 5.69 Å². The van der Waals surface area contributed by atoms with Crippen LogP contribution in [0.15, 0.2) is 34.8 Å². The second-order valence-corrected chi connectivity index (χ2v) is 6.16. The smallest absolute Gasteiger partial charge is 0.275 e. The molecular weight excluding hydrogens is 379 g/mol. The molecular formula is C14H11BrCl2N2O2. The summed E-state index contributed by atoms with van der Waals surface area (Å²) in [4.78, 5) is 10.6. The average molecular weight is 390 g/mol. The zero-order valence-electron chi connectivity index (χ0n) is 11.0. The standard InChI is InChI=1S/C14H11BrCl2N2O2/c1-8-4-11(15)13(6-12(8)17)18-7-9-2-3-10(16)5-14(9)19(20)21/h2-6,18H,7H2,1H3. The fourth-order valence-corrected chi connectivity index (χ4v) is 2.76. The van der Waals surface area contributed by atoms with Crippen LogP contribution in [-0.4, -0.2) is 4.92 Å². The first-order valence-corrected chi connectivity index (χ1v) is 7.55. The number of benzene rings is 2. The third kappa shape index (κ3) is 3.87. The van der Waals surface area contributed by atoms with Crippen molar-refractivity contribution >= 4 is 50.5 Å². The first kappa shape index (κ1) is 16.1. The number of nitro groups is 1. The predicted molar refractivity (Wildman–Crippen MR) is 89.3 cm³/mol. The molecule has 2 rings (SSSR count). The maximum absolute atomic E-state index is 11.0. The molecule has 0 radical (unpaired) electrons. The molecule has 1 N–H and O–H groups in total. The summed E-state index contributed by atoms with van der Waals surface area (Å²) in [6.45, 7) is 2.20. The number of anilines is 1. The maximum atomic E-state index is 11.0. The Labute approximate surface area is 140 Å². The molecule has 0 aromatic heterocycles. The van der Waals surface area contributed by atoms with E-state index in [4.69, 9.17) is 23.2 Å². The minimum atomic E-state index is -0.444. The van der Waals surface area contributed by atoms with Crippen LogP contribution in [-0.2, 0) is 6.54 Å². The molecule has 21 heavy (non-hydrogen) atoms. The molecule has 0 saturated carbocycles. The number of hydrogen-bond acceptors (Lipinski definition) is 3. The number of halogens is 3. The van der Waals surface area contributed by atoms with Gasteiger partial charge in [0.05, 0.1) is 10.6 Å². The third-order valence-corrected chi connectivity index (χ3v) is 4.26. The van der Waals surface area contributed by atoms with E-state index in [1.807, 2.05) is 13.0 Å². The van der Waals surface area contributed by atoms with E-state index in [-0.39, 0.29) is 5.69 Å². The Hall–Kier alpha value is -1.30. The third-order valence-electron chi connectivity index (χ3n) is 2.96. The van der Waals surface area contributed by atoms with Gasteiger partial charge in [-0.05, 0) is 52.7 Å². The van der Waals surface area contributed by atoms with Crippen molar-refractivity contribution in [2.24, 2.45) is 0 Å². The highest BCUT2D eigenvalue weighted by Gasteiger charge is 2.14. The second-order valence-electron chi connectivity index (χ2n) is 4.46. The zero-order chi connectivity index (χ0) is 15.6. The monoisotopic (exact) mass is 388 g/mol. The van der Waals surface area contributed by atoms with Crippen LogP contribution in [0.3, 0.4) is 0 Å². The van der Waals surface area contributed by atoms with Gasteiger partial charge in [0.15, 0.2) is 0 Å². The van der Waals surface area contributed by atoms with Gasteiger partial charge < -0.3 is 5.32 Å². The molecule has 0 spiro atoms. The Bertz CT molecular complexity index is 708. The number of nitrogens with one attached hydrogen (secondary N) is 1. The minimum absolute atomic E-state index is 0.00988. The SMILES string of the molecule is Cc1cc(Br)c(NCc2ccc(Cl)cc2[N+](=O)[O-])cc1Cl.